The van der Waals surface area contributed by atoms with Crippen molar-refractivity contribution in [2.75, 3.05) is 26.7 Å². The molecule has 0 bridgehead atoms. The Morgan fingerprint density at radius 3 is 2.38 bits per heavy atom. The first-order valence-electron chi connectivity index (χ1n) is 8.69. The first-order valence-corrected chi connectivity index (χ1v) is 8.69. The highest BCUT2D eigenvalue weighted by atomic mass is 16.2. The molecule has 0 saturated heterocycles. The first kappa shape index (κ1) is 18.4. The van der Waals surface area contributed by atoms with Gasteiger partial charge in [0.2, 0.25) is 5.91 Å². The van der Waals surface area contributed by atoms with Gasteiger partial charge in [-0.15, -0.1) is 0 Å². The lowest BCUT2D eigenvalue weighted by molar-refractivity contribution is -0.134. The van der Waals surface area contributed by atoms with Gasteiger partial charge >= 0.3 is 0 Å². The van der Waals surface area contributed by atoms with Crippen LogP contribution < -0.4 is 5.73 Å². The molecule has 0 radical (unpaired) electrons. The Labute approximate surface area is 131 Å². The minimum atomic E-state index is 0.225. The van der Waals surface area contributed by atoms with E-state index in [1.165, 1.54) is 32.1 Å². The van der Waals surface area contributed by atoms with E-state index in [-0.39, 0.29) is 11.9 Å². The highest BCUT2D eigenvalue weighted by Crippen LogP contribution is 2.22. The summed E-state index contributed by atoms with van der Waals surface area (Å²) in [5.74, 6) is 0.786. The molecule has 0 aliphatic heterocycles. The third-order valence-corrected chi connectivity index (χ3v) is 4.78. The van der Waals surface area contributed by atoms with Crippen molar-refractivity contribution in [1.82, 2.24) is 9.80 Å². The van der Waals surface area contributed by atoms with E-state index in [1.807, 2.05) is 7.05 Å². The number of nitrogens with two attached hydrogens (primary N) is 1. The number of nitrogens with zero attached hydrogens (tertiary/aromatic N) is 2. The first-order chi connectivity index (χ1) is 9.95. The number of hydrogen-bond acceptors (Lipinski definition) is 3. The molecule has 1 atom stereocenters. The molecule has 1 aliphatic carbocycles. The zero-order chi connectivity index (χ0) is 15.8. The van der Waals surface area contributed by atoms with Crippen molar-refractivity contribution in [1.29, 1.82) is 0 Å². The van der Waals surface area contributed by atoms with Gasteiger partial charge < -0.3 is 10.6 Å². The van der Waals surface area contributed by atoms with Crippen LogP contribution in [0.25, 0.3) is 0 Å². The summed E-state index contributed by atoms with van der Waals surface area (Å²) in [5, 5.41) is 0. The predicted molar refractivity (Wildman–Crippen MR) is 89.2 cm³/mol. The molecule has 0 aromatic carbocycles. The average molecular weight is 297 g/mol. The number of likely N-dealkylation sites (N-methyl/N-ethyl adjacent to an activating group) is 2. The van der Waals surface area contributed by atoms with Crippen molar-refractivity contribution in [3.8, 4) is 0 Å². The molecular weight excluding hydrogens is 262 g/mol. The summed E-state index contributed by atoms with van der Waals surface area (Å²) in [5.41, 5.74) is 6.08. The van der Waals surface area contributed by atoms with E-state index in [9.17, 15) is 4.79 Å². The fourth-order valence-corrected chi connectivity index (χ4v) is 3.13. The Balaban J connectivity index is 2.38. The van der Waals surface area contributed by atoms with Crippen LogP contribution in [0.15, 0.2) is 0 Å². The second-order valence-corrected chi connectivity index (χ2v) is 6.91. The molecule has 1 unspecified atom stereocenters. The van der Waals surface area contributed by atoms with E-state index < -0.39 is 0 Å². The van der Waals surface area contributed by atoms with Gasteiger partial charge in [-0.25, -0.2) is 0 Å². The second-order valence-electron chi connectivity index (χ2n) is 6.91. The van der Waals surface area contributed by atoms with Crippen molar-refractivity contribution < 1.29 is 4.79 Å². The normalized spacial score (nSPS) is 18.2. The lowest BCUT2D eigenvalue weighted by Gasteiger charge is -2.34. The van der Waals surface area contributed by atoms with E-state index in [1.54, 1.807) is 0 Å². The summed E-state index contributed by atoms with van der Waals surface area (Å²) in [6, 6.07) is 0.700. The van der Waals surface area contributed by atoms with Gasteiger partial charge in [0.15, 0.2) is 0 Å². The lowest BCUT2D eigenvalue weighted by atomic mass is 9.94. The Hall–Kier alpha value is -0.610. The predicted octanol–water partition coefficient (Wildman–Crippen LogP) is 2.47. The molecular formula is C17H35N3O. The van der Waals surface area contributed by atoms with Gasteiger partial charge in [0.25, 0.3) is 0 Å². The third-order valence-electron chi connectivity index (χ3n) is 4.78. The van der Waals surface area contributed by atoms with Gasteiger partial charge in [-0.1, -0.05) is 33.1 Å². The molecule has 1 saturated carbocycles. The SMILES string of the molecule is CCN(C(=O)CN(C)CCC(N)C(C)C)C1CCCCC1. The van der Waals surface area contributed by atoms with Crippen LogP contribution in [0.3, 0.4) is 0 Å². The summed E-state index contributed by atoms with van der Waals surface area (Å²) < 4.78 is 0. The van der Waals surface area contributed by atoms with Gasteiger partial charge in [-0.3, -0.25) is 9.69 Å². The summed E-state index contributed by atoms with van der Waals surface area (Å²) in [4.78, 5) is 16.7. The van der Waals surface area contributed by atoms with E-state index in [0.717, 1.165) is 19.5 Å². The summed E-state index contributed by atoms with van der Waals surface area (Å²) in [6.07, 6.45) is 7.19. The number of amides is 1. The van der Waals surface area contributed by atoms with E-state index in [4.69, 9.17) is 5.73 Å². The largest absolute Gasteiger partial charge is 0.339 e. The van der Waals surface area contributed by atoms with E-state index >= 15 is 0 Å². The summed E-state index contributed by atoms with van der Waals surface area (Å²) >= 11 is 0. The van der Waals surface area contributed by atoms with Crippen LogP contribution in [-0.4, -0.2) is 54.5 Å². The Morgan fingerprint density at radius 2 is 1.86 bits per heavy atom. The van der Waals surface area contributed by atoms with Gasteiger partial charge in [0.05, 0.1) is 6.54 Å². The Kier molecular flexibility index (Phi) is 8.27. The van der Waals surface area contributed by atoms with E-state index in [2.05, 4.69) is 30.6 Å². The molecule has 0 aromatic heterocycles. The van der Waals surface area contributed by atoms with Crippen molar-refractivity contribution in [3.05, 3.63) is 0 Å². The van der Waals surface area contributed by atoms with Crippen LogP contribution in [-0.2, 0) is 4.79 Å². The van der Waals surface area contributed by atoms with Crippen molar-refractivity contribution in [3.63, 3.8) is 0 Å². The van der Waals surface area contributed by atoms with Crippen LogP contribution >= 0.6 is 0 Å². The van der Waals surface area contributed by atoms with E-state index in [0.29, 0.717) is 18.5 Å². The zero-order valence-electron chi connectivity index (χ0n) is 14.5. The molecule has 2 N–H and O–H groups in total. The average Bonchev–Trinajstić information content (AvgIpc) is 2.46. The van der Waals surface area contributed by atoms with Crippen molar-refractivity contribution in [2.24, 2.45) is 11.7 Å². The monoisotopic (exact) mass is 297 g/mol. The minimum absolute atomic E-state index is 0.225. The van der Waals surface area contributed by atoms with Gasteiger partial charge in [-0.05, 0) is 45.7 Å². The van der Waals surface area contributed by atoms with Crippen LogP contribution in [0.4, 0.5) is 0 Å². The summed E-state index contributed by atoms with van der Waals surface area (Å²) in [6.45, 7) is 8.65. The zero-order valence-corrected chi connectivity index (χ0v) is 14.5. The summed E-state index contributed by atoms with van der Waals surface area (Å²) in [7, 11) is 2.03. The van der Waals surface area contributed by atoms with Gasteiger partial charge in [-0.2, -0.15) is 0 Å². The molecule has 1 fully saturated rings. The van der Waals surface area contributed by atoms with Crippen LogP contribution in [0, 0.1) is 5.92 Å². The molecule has 1 amide bonds. The Bertz CT molecular complexity index is 300. The number of carbonyl (C=O) groups excluding carboxylic acids is 1. The molecule has 1 rings (SSSR count). The van der Waals surface area contributed by atoms with Crippen molar-refractivity contribution in [2.45, 2.75) is 71.4 Å². The lowest BCUT2D eigenvalue weighted by Crippen LogP contribution is -2.46. The van der Waals surface area contributed by atoms with Gasteiger partial charge in [0.1, 0.15) is 0 Å². The van der Waals surface area contributed by atoms with Gasteiger partial charge in [0, 0.05) is 18.6 Å². The molecule has 21 heavy (non-hydrogen) atoms. The molecule has 0 aromatic rings. The molecule has 1 aliphatic rings. The maximum atomic E-state index is 12.5. The fourth-order valence-electron chi connectivity index (χ4n) is 3.13. The van der Waals surface area contributed by atoms with Crippen LogP contribution in [0.5, 0.6) is 0 Å². The maximum absolute atomic E-state index is 12.5. The molecule has 4 nitrogen and oxygen atoms in total. The second kappa shape index (κ2) is 9.42. The van der Waals surface area contributed by atoms with Crippen LogP contribution in [0.2, 0.25) is 0 Å². The number of hydrogen-bond donors (Lipinski definition) is 1. The molecule has 0 heterocycles. The molecule has 124 valence electrons. The van der Waals surface area contributed by atoms with Crippen LogP contribution in [0.1, 0.15) is 59.3 Å². The number of carbonyl (C=O) groups is 1. The van der Waals surface area contributed by atoms with Crippen molar-refractivity contribution >= 4 is 5.91 Å². The highest BCUT2D eigenvalue weighted by Gasteiger charge is 2.24. The maximum Gasteiger partial charge on any atom is 0.236 e. The Morgan fingerprint density at radius 1 is 1.24 bits per heavy atom. The standard InChI is InChI=1S/C17H35N3O/c1-5-20(15-9-7-6-8-10-15)17(21)13-19(4)12-11-16(18)14(2)3/h14-16H,5-13,18H2,1-4H3. The highest BCUT2D eigenvalue weighted by molar-refractivity contribution is 5.78. The number of rotatable bonds is 8. The molecule has 0 spiro atoms. The third kappa shape index (κ3) is 6.35. The fraction of sp³-hybridized carbons (Fsp3) is 0.941. The topological polar surface area (TPSA) is 49.6 Å². The minimum Gasteiger partial charge on any atom is -0.339 e. The molecule has 4 heteroatoms. The smallest absolute Gasteiger partial charge is 0.236 e. The quantitative estimate of drug-likeness (QED) is 0.749.